The lowest BCUT2D eigenvalue weighted by molar-refractivity contribution is 0.0909. The van der Waals surface area contributed by atoms with Crippen LogP contribution in [0.3, 0.4) is 0 Å². The van der Waals surface area contributed by atoms with Gasteiger partial charge >= 0.3 is 0 Å². The van der Waals surface area contributed by atoms with Crippen LogP contribution in [0.4, 0.5) is 14.5 Å². The number of hydrogen-bond acceptors (Lipinski definition) is 3. The quantitative estimate of drug-likeness (QED) is 0.386. The van der Waals surface area contributed by atoms with Crippen molar-refractivity contribution in [3.8, 4) is 0 Å². The van der Waals surface area contributed by atoms with Gasteiger partial charge in [0.2, 0.25) is 0 Å². The first-order chi connectivity index (χ1) is 18.0. The molecule has 0 aliphatic carbocycles. The fraction of sp³-hybridized carbons (Fsp3) is 0.300. The number of rotatable bonds is 5. The van der Waals surface area contributed by atoms with Crippen LogP contribution in [0.15, 0.2) is 66.7 Å². The smallest absolute Gasteiger partial charge is 0.251 e. The summed E-state index contributed by atoms with van der Waals surface area (Å²) < 4.78 is 26.5. The van der Waals surface area contributed by atoms with Crippen molar-refractivity contribution in [3.63, 3.8) is 0 Å². The first-order valence-corrected chi connectivity index (χ1v) is 12.9. The van der Waals surface area contributed by atoms with Crippen LogP contribution in [-0.4, -0.2) is 41.5 Å². The summed E-state index contributed by atoms with van der Waals surface area (Å²) in [4.78, 5) is 21.3. The molecule has 1 amide bonds. The van der Waals surface area contributed by atoms with E-state index < -0.39 is 0 Å². The molecular formula is C30H30F2N4O. The molecule has 190 valence electrons. The number of nitrogens with zero attached hydrogens (tertiary/aromatic N) is 2. The predicted octanol–water partition coefficient (Wildman–Crippen LogP) is 5.40. The van der Waals surface area contributed by atoms with Gasteiger partial charge in [0.05, 0.1) is 0 Å². The topological polar surface area (TPSA) is 51.4 Å². The van der Waals surface area contributed by atoms with E-state index in [1.165, 1.54) is 35.5 Å². The lowest BCUT2D eigenvalue weighted by atomic mass is 10.0. The van der Waals surface area contributed by atoms with Gasteiger partial charge < -0.3 is 15.2 Å². The molecule has 1 fully saturated rings. The SMILES string of the molecule is O=C(NC1CCN(Cc2ccc(F)cc2)CC1)c1ccc2[nH]c3c(c2c1)CN(c1ccc(F)cc1)CC3. The number of anilines is 1. The van der Waals surface area contributed by atoms with Crippen molar-refractivity contribution in [1.29, 1.82) is 0 Å². The third-order valence-electron chi connectivity index (χ3n) is 7.67. The Morgan fingerprint density at radius 3 is 2.35 bits per heavy atom. The lowest BCUT2D eigenvalue weighted by Gasteiger charge is -2.32. The second kappa shape index (κ2) is 9.98. The molecule has 7 heteroatoms. The minimum Gasteiger partial charge on any atom is -0.367 e. The van der Waals surface area contributed by atoms with Crippen LogP contribution >= 0.6 is 0 Å². The maximum absolute atomic E-state index is 13.4. The Bertz CT molecular complexity index is 1410. The van der Waals surface area contributed by atoms with Gasteiger partial charge in [0.1, 0.15) is 11.6 Å². The molecule has 4 aromatic rings. The number of halogens is 2. The van der Waals surface area contributed by atoms with Crippen LogP contribution in [0.5, 0.6) is 0 Å². The van der Waals surface area contributed by atoms with E-state index in [1.54, 1.807) is 0 Å². The van der Waals surface area contributed by atoms with Gasteiger partial charge in [-0.2, -0.15) is 0 Å². The fourth-order valence-electron chi connectivity index (χ4n) is 5.58. The number of nitrogens with one attached hydrogen (secondary N) is 2. The molecule has 0 unspecified atom stereocenters. The number of amides is 1. The lowest BCUT2D eigenvalue weighted by Crippen LogP contribution is -2.44. The van der Waals surface area contributed by atoms with Gasteiger partial charge in [-0.3, -0.25) is 9.69 Å². The molecule has 6 rings (SSSR count). The monoisotopic (exact) mass is 500 g/mol. The van der Waals surface area contributed by atoms with Gasteiger partial charge in [-0.25, -0.2) is 8.78 Å². The first kappa shape index (κ1) is 23.7. The normalized spacial score (nSPS) is 16.6. The maximum Gasteiger partial charge on any atom is 0.251 e. The molecular weight excluding hydrogens is 470 g/mol. The Hall–Kier alpha value is -3.71. The zero-order valence-electron chi connectivity index (χ0n) is 20.6. The molecule has 0 saturated carbocycles. The summed E-state index contributed by atoms with van der Waals surface area (Å²) in [6, 6.07) is 19.3. The van der Waals surface area contributed by atoms with Crippen molar-refractivity contribution in [2.24, 2.45) is 0 Å². The number of H-pyrrole nitrogens is 1. The highest BCUT2D eigenvalue weighted by Crippen LogP contribution is 2.31. The number of fused-ring (bicyclic) bond motifs is 3. The zero-order chi connectivity index (χ0) is 25.4. The number of benzene rings is 3. The molecule has 3 aromatic carbocycles. The Kier molecular flexibility index (Phi) is 6.38. The van der Waals surface area contributed by atoms with Gasteiger partial charge in [0, 0.05) is 78.6 Å². The van der Waals surface area contributed by atoms with E-state index in [0.29, 0.717) is 5.56 Å². The number of carbonyl (C=O) groups excluding carboxylic acids is 1. The van der Waals surface area contributed by atoms with Crippen LogP contribution in [-0.2, 0) is 19.5 Å². The third kappa shape index (κ3) is 5.09. The summed E-state index contributed by atoms with van der Waals surface area (Å²) in [7, 11) is 0. The average Bonchev–Trinajstić information content (AvgIpc) is 3.29. The van der Waals surface area contributed by atoms with Crippen molar-refractivity contribution in [2.45, 2.75) is 38.4 Å². The summed E-state index contributed by atoms with van der Waals surface area (Å²) in [6.07, 6.45) is 2.65. The third-order valence-corrected chi connectivity index (χ3v) is 7.67. The van der Waals surface area contributed by atoms with E-state index in [1.807, 2.05) is 42.5 Å². The van der Waals surface area contributed by atoms with Gasteiger partial charge in [0.15, 0.2) is 0 Å². The molecule has 1 aromatic heterocycles. The summed E-state index contributed by atoms with van der Waals surface area (Å²) in [6.45, 7) is 4.17. The molecule has 2 aliphatic rings. The van der Waals surface area contributed by atoms with Crippen molar-refractivity contribution in [3.05, 3.63) is 101 Å². The van der Waals surface area contributed by atoms with Crippen LogP contribution in [0.25, 0.3) is 10.9 Å². The number of aromatic amines is 1. The Labute approximate surface area is 215 Å². The van der Waals surface area contributed by atoms with Crippen LogP contribution < -0.4 is 10.2 Å². The van der Waals surface area contributed by atoms with E-state index >= 15 is 0 Å². The van der Waals surface area contributed by atoms with Crippen LogP contribution in [0.2, 0.25) is 0 Å². The van der Waals surface area contributed by atoms with E-state index in [9.17, 15) is 13.6 Å². The Morgan fingerprint density at radius 1 is 0.919 bits per heavy atom. The average molecular weight is 501 g/mol. The fourth-order valence-corrected chi connectivity index (χ4v) is 5.58. The molecule has 2 N–H and O–H groups in total. The van der Waals surface area contributed by atoms with Crippen molar-refractivity contribution in [1.82, 2.24) is 15.2 Å². The number of hydrogen-bond donors (Lipinski definition) is 2. The molecule has 37 heavy (non-hydrogen) atoms. The van der Waals surface area contributed by atoms with E-state index in [0.717, 1.165) is 74.1 Å². The highest BCUT2D eigenvalue weighted by atomic mass is 19.1. The minimum absolute atomic E-state index is 0.0416. The molecule has 0 atom stereocenters. The van der Waals surface area contributed by atoms with Crippen molar-refractivity contribution < 1.29 is 13.6 Å². The molecule has 2 aliphatic heterocycles. The van der Waals surface area contributed by atoms with Gasteiger partial charge in [-0.1, -0.05) is 12.1 Å². The van der Waals surface area contributed by atoms with Gasteiger partial charge in [-0.15, -0.1) is 0 Å². The maximum atomic E-state index is 13.4. The van der Waals surface area contributed by atoms with Crippen molar-refractivity contribution >= 4 is 22.5 Å². The van der Waals surface area contributed by atoms with Crippen molar-refractivity contribution in [2.75, 3.05) is 24.5 Å². The first-order valence-electron chi connectivity index (χ1n) is 12.9. The number of likely N-dealkylation sites (tertiary alicyclic amines) is 1. The Balaban J connectivity index is 1.10. The molecule has 5 nitrogen and oxygen atoms in total. The van der Waals surface area contributed by atoms with Gasteiger partial charge in [0.25, 0.3) is 5.91 Å². The molecule has 1 saturated heterocycles. The second-order valence-corrected chi connectivity index (χ2v) is 10.1. The number of carbonyl (C=O) groups is 1. The zero-order valence-corrected chi connectivity index (χ0v) is 20.6. The standard InChI is InChI=1S/C30H30F2N4O/c31-22-4-1-20(2-5-22)18-35-14-11-24(12-15-35)33-30(37)21-3-10-28-26(17-21)27-19-36(16-13-29(27)34-28)25-8-6-23(32)7-9-25/h1-10,17,24,34H,11-16,18-19H2,(H,33,37). The Morgan fingerprint density at radius 2 is 1.62 bits per heavy atom. The van der Waals surface area contributed by atoms with E-state index in [4.69, 9.17) is 0 Å². The summed E-state index contributed by atoms with van der Waals surface area (Å²) in [5.41, 5.74) is 6.22. The summed E-state index contributed by atoms with van der Waals surface area (Å²) in [5.74, 6) is -0.489. The van der Waals surface area contributed by atoms with Crippen LogP contribution in [0, 0.1) is 11.6 Å². The van der Waals surface area contributed by atoms with E-state index in [2.05, 4.69) is 20.1 Å². The minimum atomic E-state index is -0.234. The highest BCUT2D eigenvalue weighted by Gasteiger charge is 2.24. The number of piperidine rings is 1. The van der Waals surface area contributed by atoms with E-state index in [-0.39, 0.29) is 23.6 Å². The number of aromatic nitrogens is 1. The molecule has 0 spiro atoms. The largest absolute Gasteiger partial charge is 0.367 e. The summed E-state index contributed by atoms with van der Waals surface area (Å²) >= 11 is 0. The molecule has 0 bridgehead atoms. The highest BCUT2D eigenvalue weighted by molar-refractivity contribution is 5.99. The van der Waals surface area contributed by atoms with Gasteiger partial charge in [-0.05, 0) is 73.0 Å². The predicted molar refractivity (Wildman–Crippen MR) is 142 cm³/mol. The van der Waals surface area contributed by atoms with Crippen LogP contribution in [0.1, 0.15) is 40.0 Å². The molecule has 0 radical (unpaired) electrons. The summed E-state index contributed by atoms with van der Waals surface area (Å²) in [5, 5.41) is 4.31. The molecule has 3 heterocycles. The second-order valence-electron chi connectivity index (χ2n) is 10.1.